The Morgan fingerprint density at radius 2 is 0.909 bits per heavy atom. The Labute approximate surface area is 455 Å². The van der Waals surface area contributed by atoms with Crippen LogP contribution in [-0.4, -0.2) is 98.5 Å². The number of methoxy groups -OCH3 is 2. The van der Waals surface area contributed by atoms with E-state index in [-0.39, 0.29) is 66.6 Å². The lowest BCUT2D eigenvalue weighted by molar-refractivity contribution is -0.137. The van der Waals surface area contributed by atoms with Gasteiger partial charge in [0.2, 0.25) is 0 Å². The minimum absolute atomic E-state index is 0.0876. The summed E-state index contributed by atoms with van der Waals surface area (Å²) in [5.74, 6) is -0.806. The molecule has 0 spiro atoms. The Morgan fingerprint density at radius 3 is 1.29 bits per heavy atom. The summed E-state index contributed by atoms with van der Waals surface area (Å²) in [4.78, 5) is 66.3. The van der Waals surface area contributed by atoms with Crippen molar-refractivity contribution >= 4 is 65.6 Å². The van der Waals surface area contributed by atoms with E-state index in [1.165, 1.54) is 68.1 Å². The van der Waals surface area contributed by atoms with Gasteiger partial charge < -0.3 is 44.2 Å². The van der Waals surface area contributed by atoms with E-state index in [1.807, 2.05) is 85.3 Å². The van der Waals surface area contributed by atoms with Gasteiger partial charge in [-0.15, -0.1) is 0 Å². The molecule has 16 heteroatoms. The second-order valence-electron chi connectivity index (χ2n) is 17.9. The molecule has 396 valence electrons. The number of hydrogen-bond donors (Lipinski definition) is 3. The highest BCUT2D eigenvalue weighted by Crippen LogP contribution is 2.46. The highest BCUT2D eigenvalue weighted by atomic mass is 32.2. The van der Waals surface area contributed by atoms with Crippen LogP contribution in [0.25, 0.3) is 34.4 Å². The number of esters is 2. The number of nitrogens with one attached hydrogen (secondary N) is 2. The molecule has 0 aliphatic heterocycles. The Bertz CT molecular complexity index is 3130. The fourth-order valence-corrected chi connectivity index (χ4v) is 10.2. The molecule has 0 fully saturated rings. The molecular weight excluding hydrogens is 1020 g/mol. The Hall–Kier alpha value is -8.21. The summed E-state index contributed by atoms with van der Waals surface area (Å²) in [6.45, 7) is 0.176. The zero-order valence-corrected chi connectivity index (χ0v) is 44.5. The summed E-state index contributed by atoms with van der Waals surface area (Å²) in [6.07, 6.45) is 9.55. The minimum atomic E-state index is -1.01. The Morgan fingerprint density at radius 1 is 0.532 bits per heavy atom. The van der Waals surface area contributed by atoms with Gasteiger partial charge in [0, 0.05) is 17.9 Å². The Kier molecular flexibility index (Phi) is 19.0. The van der Waals surface area contributed by atoms with Crippen molar-refractivity contribution in [3.05, 3.63) is 191 Å². The van der Waals surface area contributed by atoms with Crippen molar-refractivity contribution in [3.63, 3.8) is 0 Å². The van der Waals surface area contributed by atoms with Crippen molar-refractivity contribution in [2.75, 3.05) is 51.5 Å². The SMILES string of the molecule is COc1cc(/C=C/C(=O)/C=C(O)/C=C/c2ccc(OC(=O)[C@H](CCSC)NC(=O)OCC3c4ccccc4-c4ccccc43)c(OC)c2)ccc1OC(=O)[C@H](CCSC)NC(=O)OCC1c2ccccc2-c2ccccc21. The number of ketones is 1. The van der Waals surface area contributed by atoms with E-state index in [1.54, 1.807) is 30.3 Å². The van der Waals surface area contributed by atoms with Gasteiger partial charge in [-0.25, -0.2) is 19.2 Å². The summed E-state index contributed by atoms with van der Waals surface area (Å²) >= 11 is 3.03. The third-order valence-electron chi connectivity index (χ3n) is 13.0. The molecule has 3 N–H and O–H groups in total. The van der Waals surface area contributed by atoms with Gasteiger partial charge in [-0.05, 0) is 129 Å². The monoisotopic (exact) mass is 1070 g/mol. The average molecular weight is 1080 g/mol. The fourth-order valence-electron chi connectivity index (χ4n) is 9.24. The molecule has 0 saturated heterocycles. The van der Waals surface area contributed by atoms with Gasteiger partial charge >= 0.3 is 24.1 Å². The molecule has 2 aliphatic carbocycles. The van der Waals surface area contributed by atoms with Crippen molar-refractivity contribution in [1.29, 1.82) is 0 Å². The lowest BCUT2D eigenvalue weighted by Gasteiger charge is -2.19. The lowest BCUT2D eigenvalue weighted by atomic mass is 9.98. The molecule has 14 nitrogen and oxygen atoms in total. The molecule has 77 heavy (non-hydrogen) atoms. The van der Waals surface area contributed by atoms with E-state index in [0.29, 0.717) is 22.6 Å². The van der Waals surface area contributed by atoms with Crippen molar-refractivity contribution in [2.45, 2.75) is 36.8 Å². The number of thioether (sulfide) groups is 2. The molecule has 0 heterocycles. The van der Waals surface area contributed by atoms with Crippen LogP contribution in [0.3, 0.4) is 0 Å². The number of benzene rings is 6. The molecule has 0 saturated carbocycles. The number of alkyl carbamates (subject to hydrolysis) is 2. The van der Waals surface area contributed by atoms with Gasteiger partial charge in [-0.1, -0.05) is 121 Å². The number of carbonyl (C=O) groups is 5. The van der Waals surface area contributed by atoms with Crippen LogP contribution in [-0.2, 0) is 23.9 Å². The molecular formula is C61H58N2O12S2. The quantitative estimate of drug-likeness (QED) is 0.0181. The largest absolute Gasteiger partial charge is 0.508 e. The molecule has 2 atom stereocenters. The number of ether oxygens (including phenoxy) is 6. The smallest absolute Gasteiger partial charge is 0.407 e. The first kappa shape index (κ1) is 55.0. The summed E-state index contributed by atoms with van der Waals surface area (Å²) in [5.41, 5.74) is 9.78. The van der Waals surface area contributed by atoms with Crippen LogP contribution in [0.2, 0.25) is 0 Å². The first-order valence-corrected chi connectivity index (χ1v) is 27.6. The number of carbonyl (C=O) groups excluding carboxylic acids is 5. The second-order valence-corrected chi connectivity index (χ2v) is 19.9. The lowest BCUT2D eigenvalue weighted by Crippen LogP contribution is -2.44. The molecule has 6 aromatic rings. The first-order valence-electron chi connectivity index (χ1n) is 24.8. The maximum absolute atomic E-state index is 13.5. The average Bonchev–Trinajstić information content (AvgIpc) is 3.97. The number of rotatable bonds is 23. The Balaban J connectivity index is 0.827. The molecule has 0 aromatic heterocycles. The van der Waals surface area contributed by atoms with E-state index in [2.05, 4.69) is 34.9 Å². The summed E-state index contributed by atoms with van der Waals surface area (Å²) in [7, 11) is 2.82. The van der Waals surface area contributed by atoms with Crippen LogP contribution in [0.1, 0.15) is 58.1 Å². The molecule has 2 amide bonds. The van der Waals surface area contributed by atoms with Crippen molar-refractivity contribution in [3.8, 4) is 45.3 Å². The van der Waals surface area contributed by atoms with Gasteiger partial charge in [-0.2, -0.15) is 23.5 Å². The zero-order valence-electron chi connectivity index (χ0n) is 42.9. The van der Waals surface area contributed by atoms with Crippen LogP contribution >= 0.6 is 23.5 Å². The highest BCUT2D eigenvalue weighted by Gasteiger charge is 2.32. The van der Waals surface area contributed by atoms with E-state index < -0.39 is 42.0 Å². The number of hydrogen-bond acceptors (Lipinski definition) is 14. The highest BCUT2D eigenvalue weighted by molar-refractivity contribution is 7.98. The number of amides is 2. The molecule has 0 unspecified atom stereocenters. The van der Waals surface area contributed by atoms with Gasteiger partial charge in [0.1, 0.15) is 31.1 Å². The first-order chi connectivity index (χ1) is 37.5. The summed E-state index contributed by atoms with van der Waals surface area (Å²) in [6, 6.07) is 39.5. The van der Waals surface area contributed by atoms with Crippen molar-refractivity contribution in [2.24, 2.45) is 0 Å². The third kappa shape index (κ3) is 13.8. The maximum atomic E-state index is 13.5. The van der Waals surface area contributed by atoms with E-state index in [9.17, 15) is 29.1 Å². The maximum Gasteiger partial charge on any atom is 0.407 e. The topological polar surface area (TPSA) is 185 Å². The number of aliphatic hydroxyl groups is 1. The normalized spacial score (nSPS) is 13.4. The predicted octanol–water partition coefficient (Wildman–Crippen LogP) is 11.6. The molecule has 0 radical (unpaired) electrons. The van der Waals surface area contributed by atoms with Crippen LogP contribution in [0.15, 0.2) is 157 Å². The van der Waals surface area contributed by atoms with Gasteiger partial charge in [0.15, 0.2) is 28.8 Å². The number of aliphatic hydroxyl groups excluding tert-OH is 1. The van der Waals surface area contributed by atoms with E-state index in [0.717, 1.165) is 50.6 Å². The van der Waals surface area contributed by atoms with Crippen LogP contribution in [0, 0.1) is 0 Å². The van der Waals surface area contributed by atoms with Crippen molar-refractivity contribution in [1.82, 2.24) is 10.6 Å². The zero-order chi connectivity index (χ0) is 54.3. The standard InChI is InChI=1S/C61H58N2O12S2/c1-70-56-33-38(23-27-54(56)74-58(66)52(29-31-76-3)62-60(68)72-36-50-46-17-9-5-13-42(46)43-14-6-10-18-47(43)50)21-25-40(64)35-41(65)26-22-39-24-28-55(57(34-39)71-2)75-59(67)53(30-32-77-4)63-61(69)73-37-51-48-19-11-7-15-44(48)45-16-8-12-20-49(45)51/h5-28,33-35,50-53,64H,29-32,36-37H2,1-4H3,(H,62,68)(H,63,69)/b25-21+,26-22+,40-35-/t52-,53-/m0/s1. The molecule has 0 bridgehead atoms. The van der Waals surface area contributed by atoms with Crippen LogP contribution in [0.4, 0.5) is 9.59 Å². The number of fused-ring (bicyclic) bond motifs is 6. The van der Waals surface area contributed by atoms with E-state index in [4.69, 9.17) is 28.4 Å². The molecule has 2 aliphatic rings. The van der Waals surface area contributed by atoms with Crippen molar-refractivity contribution < 1.29 is 57.5 Å². The van der Waals surface area contributed by atoms with E-state index >= 15 is 0 Å². The summed E-state index contributed by atoms with van der Waals surface area (Å²) < 4.78 is 33.9. The number of allylic oxidation sites excluding steroid dienone is 3. The predicted molar refractivity (Wildman–Crippen MR) is 301 cm³/mol. The van der Waals surface area contributed by atoms with Crippen LogP contribution in [0.5, 0.6) is 23.0 Å². The fraction of sp³-hybridized carbons (Fsp3) is 0.230. The summed E-state index contributed by atoms with van der Waals surface area (Å²) in [5, 5.41) is 16.0. The third-order valence-corrected chi connectivity index (χ3v) is 14.3. The second kappa shape index (κ2) is 26.5. The molecule has 8 rings (SSSR count). The van der Waals surface area contributed by atoms with Gasteiger partial charge in [0.25, 0.3) is 0 Å². The minimum Gasteiger partial charge on any atom is -0.508 e. The van der Waals surface area contributed by atoms with Gasteiger partial charge in [0.05, 0.1) is 14.2 Å². The van der Waals surface area contributed by atoms with Crippen LogP contribution < -0.4 is 29.6 Å². The molecule has 6 aromatic carbocycles. The van der Waals surface area contributed by atoms with Gasteiger partial charge in [-0.3, -0.25) is 4.79 Å².